The maximum atomic E-state index is 12.4. The van der Waals surface area contributed by atoms with Crippen LogP contribution in [0.25, 0.3) is 5.65 Å². The first-order valence-electron chi connectivity index (χ1n) is 6.81. The summed E-state index contributed by atoms with van der Waals surface area (Å²) in [6.07, 6.45) is 3.26. The Balaban J connectivity index is 1.85. The summed E-state index contributed by atoms with van der Waals surface area (Å²) in [4.78, 5) is 16.6. The first kappa shape index (κ1) is 16.3. The molecule has 2 heterocycles. The summed E-state index contributed by atoms with van der Waals surface area (Å²) < 4.78 is 30.7. The van der Waals surface area contributed by atoms with Crippen molar-refractivity contribution in [2.75, 3.05) is 5.32 Å². The third-order valence-electron chi connectivity index (χ3n) is 3.23. The van der Waals surface area contributed by atoms with Crippen molar-refractivity contribution >= 4 is 33.2 Å². The fourth-order valence-electron chi connectivity index (χ4n) is 2.14. The predicted octanol–water partition coefficient (Wildman–Crippen LogP) is 3.65. The number of amides is 1. The van der Waals surface area contributed by atoms with Gasteiger partial charge in [-0.05, 0) is 52.7 Å². The minimum Gasteiger partial charge on any atom is -0.435 e. The molecule has 0 radical (unpaired) electrons. The highest BCUT2D eigenvalue weighted by atomic mass is 79.9. The van der Waals surface area contributed by atoms with E-state index in [0.717, 1.165) is 0 Å². The third kappa shape index (κ3) is 3.21. The van der Waals surface area contributed by atoms with Crippen LogP contribution < -0.4 is 10.1 Å². The van der Waals surface area contributed by atoms with E-state index in [1.165, 1.54) is 22.7 Å². The molecule has 0 bridgehead atoms. The van der Waals surface area contributed by atoms with E-state index in [1.54, 1.807) is 25.4 Å². The highest BCUT2D eigenvalue weighted by Gasteiger charge is 2.19. The lowest BCUT2D eigenvalue weighted by Gasteiger charge is -2.10. The Kier molecular flexibility index (Phi) is 4.43. The van der Waals surface area contributed by atoms with Crippen molar-refractivity contribution in [2.24, 2.45) is 0 Å². The van der Waals surface area contributed by atoms with Crippen LogP contribution in [0.1, 0.15) is 16.1 Å². The molecule has 1 amide bonds. The fourth-order valence-corrected chi connectivity index (χ4v) is 2.68. The van der Waals surface area contributed by atoms with Gasteiger partial charge in [0.25, 0.3) is 5.91 Å². The molecular weight excluding hydrogens is 386 g/mol. The number of ether oxygens (including phenoxy) is 1. The Hall–Kier alpha value is -2.55. The molecule has 0 unspecified atom stereocenters. The van der Waals surface area contributed by atoms with Gasteiger partial charge in [0, 0.05) is 18.1 Å². The zero-order chi connectivity index (χ0) is 17.3. The summed E-state index contributed by atoms with van der Waals surface area (Å²) in [6, 6.07) is 5.96. The molecule has 124 valence electrons. The van der Waals surface area contributed by atoms with Gasteiger partial charge in [-0.1, -0.05) is 0 Å². The summed E-state index contributed by atoms with van der Waals surface area (Å²) in [5.74, 6) is -0.420. The molecule has 3 aromatic rings. The normalized spacial score (nSPS) is 11.0. The van der Waals surface area contributed by atoms with Crippen LogP contribution in [0.2, 0.25) is 0 Å². The van der Waals surface area contributed by atoms with Gasteiger partial charge >= 0.3 is 6.61 Å². The van der Waals surface area contributed by atoms with E-state index < -0.39 is 12.5 Å². The molecule has 1 aromatic carbocycles. The number of halogens is 3. The van der Waals surface area contributed by atoms with E-state index >= 15 is 0 Å². The SMILES string of the molecule is Cc1cc(OC(F)F)ccc1NC(=O)c1nn2cccnc2c1Br. The average molecular weight is 397 g/mol. The highest BCUT2D eigenvalue weighted by Crippen LogP contribution is 2.25. The zero-order valence-electron chi connectivity index (χ0n) is 12.3. The average Bonchev–Trinajstić information content (AvgIpc) is 2.87. The second-order valence-electron chi connectivity index (χ2n) is 4.86. The lowest BCUT2D eigenvalue weighted by molar-refractivity contribution is -0.0498. The molecule has 9 heteroatoms. The van der Waals surface area contributed by atoms with Crippen LogP contribution in [0.3, 0.4) is 0 Å². The predicted molar refractivity (Wildman–Crippen MR) is 86.5 cm³/mol. The molecular formula is C15H11BrF2N4O2. The maximum Gasteiger partial charge on any atom is 0.387 e. The second kappa shape index (κ2) is 6.52. The van der Waals surface area contributed by atoms with Crippen LogP contribution >= 0.6 is 15.9 Å². The van der Waals surface area contributed by atoms with Gasteiger partial charge in [0.05, 0.1) is 4.47 Å². The molecule has 1 N–H and O–H groups in total. The molecule has 0 saturated carbocycles. The summed E-state index contributed by atoms with van der Waals surface area (Å²) in [6.45, 7) is -1.22. The number of aromatic nitrogens is 3. The van der Waals surface area contributed by atoms with E-state index in [2.05, 4.69) is 36.1 Å². The fraction of sp³-hybridized carbons (Fsp3) is 0.133. The number of anilines is 1. The number of hydrogen-bond acceptors (Lipinski definition) is 4. The number of nitrogens with one attached hydrogen (secondary N) is 1. The minimum absolute atomic E-state index is 0.0265. The van der Waals surface area contributed by atoms with Crippen LogP contribution in [0, 0.1) is 6.92 Å². The van der Waals surface area contributed by atoms with Gasteiger partial charge in [0.15, 0.2) is 11.3 Å². The number of fused-ring (bicyclic) bond motifs is 1. The molecule has 0 aliphatic heterocycles. The van der Waals surface area contributed by atoms with Gasteiger partial charge in [-0.15, -0.1) is 0 Å². The van der Waals surface area contributed by atoms with Crippen LogP contribution in [-0.4, -0.2) is 27.1 Å². The standard InChI is InChI=1S/C15H11BrF2N4O2/c1-8-7-9(24-15(17)18)3-4-10(8)20-14(23)12-11(16)13-19-5-2-6-22(13)21-12/h2-7,15H,1H3,(H,20,23). The second-order valence-corrected chi connectivity index (χ2v) is 5.65. The first-order chi connectivity index (χ1) is 11.5. The number of carbonyl (C=O) groups excluding carboxylic acids is 1. The zero-order valence-corrected chi connectivity index (χ0v) is 13.9. The van der Waals surface area contributed by atoms with E-state index in [1.807, 2.05) is 0 Å². The molecule has 0 spiro atoms. The van der Waals surface area contributed by atoms with Gasteiger partial charge in [0.2, 0.25) is 0 Å². The van der Waals surface area contributed by atoms with Crippen LogP contribution in [0.5, 0.6) is 5.75 Å². The van der Waals surface area contributed by atoms with Crippen molar-refractivity contribution in [3.8, 4) is 5.75 Å². The van der Waals surface area contributed by atoms with Gasteiger partial charge in [0.1, 0.15) is 5.75 Å². The number of nitrogens with zero attached hydrogens (tertiary/aromatic N) is 3. The van der Waals surface area contributed by atoms with Crippen LogP contribution in [0.4, 0.5) is 14.5 Å². The molecule has 0 aliphatic rings. The molecule has 2 aromatic heterocycles. The van der Waals surface area contributed by atoms with Crippen molar-refractivity contribution < 1.29 is 18.3 Å². The van der Waals surface area contributed by atoms with Crippen molar-refractivity contribution in [3.05, 3.63) is 52.4 Å². The van der Waals surface area contributed by atoms with Crippen molar-refractivity contribution in [1.82, 2.24) is 14.6 Å². The summed E-state index contributed by atoms with van der Waals surface area (Å²) in [5, 5.41) is 6.86. The Morgan fingerprint density at radius 1 is 1.42 bits per heavy atom. The summed E-state index contributed by atoms with van der Waals surface area (Å²) >= 11 is 3.31. The third-order valence-corrected chi connectivity index (χ3v) is 3.96. The Morgan fingerprint density at radius 2 is 2.21 bits per heavy atom. The lowest BCUT2D eigenvalue weighted by atomic mass is 10.2. The number of carbonyl (C=O) groups is 1. The molecule has 0 atom stereocenters. The van der Waals surface area contributed by atoms with Crippen molar-refractivity contribution in [3.63, 3.8) is 0 Å². The van der Waals surface area contributed by atoms with Gasteiger partial charge < -0.3 is 10.1 Å². The molecule has 0 fully saturated rings. The smallest absolute Gasteiger partial charge is 0.387 e. The van der Waals surface area contributed by atoms with E-state index in [0.29, 0.717) is 21.4 Å². The Bertz CT molecular complexity index is 914. The largest absolute Gasteiger partial charge is 0.435 e. The Labute approximate surface area is 143 Å². The number of rotatable bonds is 4. The minimum atomic E-state index is -2.90. The number of aryl methyl sites for hydroxylation is 1. The van der Waals surface area contributed by atoms with E-state index in [9.17, 15) is 13.6 Å². The maximum absolute atomic E-state index is 12.4. The molecule has 0 aliphatic carbocycles. The van der Waals surface area contributed by atoms with E-state index in [4.69, 9.17) is 0 Å². The summed E-state index contributed by atoms with van der Waals surface area (Å²) in [5.41, 5.74) is 1.74. The number of alkyl halides is 2. The van der Waals surface area contributed by atoms with Crippen molar-refractivity contribution in [2.45, 2.75) is 13.5 Å². The van der Waals surface area contributed by atoms with Gasteiger partial charge in [-0.3, -0.25) is 4.79 Å². The summed E-state index contributed by atoms with van der Waals surface area (Å²) in [7, 11) is 0. The molecule has 6 nitrogen and oxygen atoms in total. The van der Waals surface area contributed by atoms with Crippen LogP contribution in [0.15, 0.2) is 41.1 Å². The Morgan fingerprint density at radius 3 is 2.88 bits per heavy atom. The first-order valence-corrected chi connectivity index (χ1v) is 7.60. The van der Waals surface area contributed by atoms with Gasteiger partial charge in [-0.25, -0.2) is 9.50 Å². The quantitative estimate of drug-likeness (QED) is 0.730. The lowest BCUT2D eigenvalue weighted by Crippen LogP contribution is -2.14. The van der Waals surface area contributed by atoms with Crippen molar-refractivity contribution in [1.29, 1.82) is 0 Å². The molecule has 24 heavy (non-hydrogen) atoms. The number of hydrogen-bond donors (Lipinski definition) is 1. The molecule has 3 rings (SSSR count). The van der Waals surface area contributed by atoms with E-state index in [-0.39, 0.29) is 11.4 Å². The monoisotopic (exact) mass is 396 g/mol. The molecule has 0 saturated heterocycles. The number of benzene rings is 1. The van der Waals surface area contributed by atoms with Gasteiger partial charge in [-0.2, -0.15) is 13.9 Å². The topological polar surface area (TPSA) is 68.5 Å². The van der Waals surface area contributed by atoms with Crippen LogP contribution in [-0.2, 0) is 0 Å². The highest BCUT2D eigenvalue weighted by molar-refractivity contribution is 9.10.